The second kappa shape index (κ2) is 8.39. The van der Waals surface area contributed by atoms with Gasteiger partial charge < -0.3 is 10.6 Å². The molecule has 1 heterocycles. The Kier molecular flexibility index (Phi) is 5.74. The van der Waals surface area contributed by atoms with E-state index < -0.39 is 29.1 Å². The van der Waals surface area contributed by atoms with Gasteiger partial charge in [-0.05, 0) is 36.2 Å². The summed E-state index contributed by atoms with van der Waals surface area (Å²) in [6, 6.07) is 11.9. The summed E-state index contributed by atoms with van der Waals surface area (Å²) in [7, 11) is 0. The maximum Gasteiger partial charge on any atom is 0.257 e. The Morgan fingerprint density at radius 2 is 1.50 bits per heavy atom. The Labute approximate surface area is 160 Å². The molecular weight excluding hydrogens is 364 g/mol. The number of aryl methyl sites for hydroxylation is 1. The molecule has 0 aliphatic carbocycles. The molecule has 142 valence electrons. The van der Waals surface area contributed by atoms with E-state index in [9.17, 15) is 18.4 Å². The zero-order valence-corrected chi connectivity index (χ0v) is 15.0. The molecule has 0 unspecified atom stereocenters. The molecule has 0 radical (unpaired) electrons. The van der Waals surface area contributed by atoms with E-state index in [1.165, 1.54) is 24.5 Å². The second-order valence-electron chi connectivity index (χ2n) is 5.98. The van der Waals surface area contributed by atoms with Crippen LogP contribution in [0.2, 0.25) is 0 Å². The summed E-state index contributed by atoms with van der Waals surface area (Å²) in [6.07, 6.45) is 3.26. The highest BCUT2D eigenvalue weighted by atomic mass is 19.1. The van der Waals surface area contributed by atoms with Gasteiger partial charge in [0, 0.05) is 18.1 Å². The maximum atomic E-state index is 13.7. The number of nitrogens with one attached hydrogen (secondary N) is 2. The fourth-order valence-corrected chi connectivity index (χ4v) is 2.64. The van der Waals surface area contributed by atoms with Crippen LogP contribution in [0.3, 0.4) is 0 Å². The lowest BCUT2D eigenvalue weighted by molar-refractivity contribution is 0.102. The van der Waals surface area contributed by atoms with E-state index >= 15 is 0 Å². The number of rotatable bonds is 5. The van der Waals surface area contributed by atoms with Crippen molar-refractivity contribution in [2.45, 2.75) is 13.3 Å². The number of amides is 2. The summed E-state index contributed by atoms with van der Waals surface area (Å²) in [4.78, 5) is 28.7. The molecule has 0 saturated heterocycles. The van der Waals surface area contributed by atoms with Gasteiger partial charge in [0.05, 0.1) is 11.1 Å². The molecule has 0 spiro atoms. The molecule has 0 fully saturated rings. The zero-order valence-electron chi connectivity index (χ0n) is 15.0. The van der Waals surface area contributed by atoms with Gasteiger partial charge in [-0.25, -0.2) is 8.78 Å². The molecule has 0 bridgehead atoms. The lowest BCUT2D eigenvalue weighted by Crippen LogP contribution is -2.17. The molecule has 28 heavy (non-hydrogen) atoms. The van der Waals surface area contributed by atoms with Gasteiger partial charge in [-0.15, -0.1) is 0 Å². The van der Waals surface area contributed by atoms with Gasteiger partial charge in [-0.3, -0.25) is 14.6 Å². The second-order valence-corrected chi connectivity index (χ2v) is 5.98. The molecular formula is C21H17F2N3O2. The van der Waals surface area contributed by atoms with Gasteiger partial charge in [0.15, 0.2) is 0 Å². The molecule has 0 aliphatic heterocycles. The standard InChI is InChI=1S/C21H17F2N3O2/c1-2-13-6-3-4-9-18(13)25-20(27)14-10-15(12-24-11-14)21(28)26-19-16(22)7-5-8-17(19)23/h3-12H,2H2,1H3,(H,25,27)(H,26,28). The lowest BCUT2D eigenvalue weighted by atomic mass is 10.1. The molecule has 0 aliphatic rings. The van der Waals surface area contributed by atoms with Crippen molar-refractivity contribution in [2.75, 3.05) is 10.6 Å². The smallest absolute Gasteiger partial charge is 0.257 e. The number of nitrogens with zero attached hydrogens (tertiary/aromatic N) is 1. The van der Waals surface area contributed by atoms with E-state index in [2.05, 4.69) is 15.6 Å². The highest BCUT2D eigenvalue weighted by Crippen LogP contribution is 2.20. The van der Waals surface area contributed by atoms with Crippen LogP contribution in [0.4, 0.5) is 20.2 Å². The third-order valence-corrected chi connectivity index (χ3v) is 4.11. The van der Waals surface area contributed by atoms with E-state index in [4.69, 9.17) is 0 Å². The summed E-state index contributed by atoms with van der Waals surface area (Å²) in [5.74, 6) is -3.02. The van der Waals surface area contributed by atoms with E-state index in [1.807, 2.05) is 19.1 Å². The highest BCUT2D eigenvalue weighted by Gasteiger charge is 2.16. The van der Waals surface area contributed by atoms with E-state index in [0.717, 1.165) is 24.1 Å². The molecule has 5 nitrogen and oxygen atoms in total. The first-order valence-corrected chi connectivity index (χ1v) is 8.59. The number of benzene rings is 2. The molecule has 3 rings (SSSR count). The van der Waals surface area contributed by atoms with Gasteiger partial charge in [-0.1, -0.05) is 31.2 Å². The first-order chi connectivity index (χ1) is 13.5. The van der Waals surface area contributed by atoms with Gasteiger partial charge >= 0.3 is 0 Å². The number of pyridine rings is 1. The SMILES string of the molecule is CCc1ccccc1NC(=O)c1cncc(C(=O)Nc2c(F)cccc2F)c1. The predicted octanol–water partition coefficient (Wildman–Crippen LogP) is 4.43. The number of para-hydroxylation sites is 2. The number of anilines is 2. The van der Waals surface area contributed by atoms with Crippen LogP contribution in [0.5, 0.6) is 0 Å². The Bertz CT molecular complexity index is 1020. The van der Waals surface area contributed by atoms with Crippen molar-refractivity contribution in [3.8, 4) is 0 Å². The van der Waals surface area contributed by atoms with E-state index in [0.29, 0.717) is 5.69 Å². The summed E-state index contributed by atoms with van der Waals surface area (Å²) in [6.45, 7) is 1.97. The van der Waals surface area contributed by atoms with Gasteiger partial charge in [-0.2, -0.15) is 0 Å². The van der Waals surface area contributed by atoms with Crippen LogP contribution in [0.25, 0.3) is 0 Å². The molecule has 2 amide bonds. The van der Waals surface area contributed by atoms with Crippen LogP contribution in [-0.4, -0.2) is 16.8 Å². The molecule has 0 saturated carbocycles. The highest BCUT2D eigenvalue weighted by molar-refractivity contribution is 6.08. The van der Waals surface area contributed by atoms with Crippen LogP contribution in [0.15, 0.2) is 60.9 Å². The van der Waals surface area contributed by atoms with Crippen LogP contribution in [0.1, 0.15) is 33.2 Å². The Hall–Kier alpha value is -3.61. The number of hydrogen-bond acceptors (Lipinski definition) is 3. The Morgan fingerprint density at radius 1 is 0.893 bits per heavy atom. The average Bonchev–Trinajstić information content (AvgIpc) is 2.71. The Morgan fingerprint density at radius 3 is 2.14 bits per heavy atom. The lowest BCUT2D eigenvalue weighted by Gasteiger charge is -2.11. The molecule has 1 aromatic heterocycles. The van der Waals surface area contributed by atoms with Crippen molar-refractivity contribution in [3.05, 3.63) is 89.2 Å². The Balaban J connectivity index is 1.80. The van der Waals surface area contributed by atoms with Crippen molar-refractivity contribution in [1.29, 1.82) is 0 Å². The molecule has 3 aromatic rings. The third kappa shape index (κ3) is 4.20. The minimum absolute atomic E-state index is 0.000852. The molecule has 2 aromatic carbocycles. The molecule has 2 N–H and O–H groups in total. The first kappa shape index (κ1) is 19.2. The fraction of sp³-hybridized carbons (Fsp3) is 0.0952. The third-order valence-electron chi connectivity index (χ3n) is 4.11. The summed E-state index contributed by atoms with van der Waals surface area (Å²) < 4.78 is 27.4. The summed E-state index contributed by atoms with van der Waals surface area (Å²) >= 11 is 0. The van der Waals surface area contributed by atoms with Crippen molar-refractivity contribution < 1.29 is 18.4 Å². The fourth-order valence-electron chi connectivity index (χ4n) is 2.64. The van der Waals surface area contributed by atoms with Crippen molar-refractivity contribution in [2.24, 2.45) is 0 Å². The molecule has 0 atom stereocenters. The van der Waals surface area contributed by atoms with Crippen molar-refractivity contribution in [3.63, 3.8) is 0 Å². The minimum atomic E-state index is -0.897. The summed E-state index contributed by atoms with van der Waals surface area (Å²) in [5, 5.41) is 4.95. The van der Waals surface area contributed by atoms with Crippen LogP contribution < -0.4 is 10.6 Å². The number of carbonyl (C=O) groups is 2. The maximum absolute atomic E-state index is 13.7. The normalized spacial score (nSPS) is 10.4. The van der Waals surface area contributed by atoms with E-state index in [-0.39, 0.29) is 11.1 Å². The largest absolute Gasteiger partial charge is 0.322 e. The quantitative estimate of drug-likeness (QED) is 0.687. The van der Waals surface area contributed by atoms with Crippen LogP contribution >= 0.6 is 0 Å². The number of carbonyl (C=O) groups excluding carboxylic acids is 2. The van der Waals surface area contributed by atoms with Gasteiger partial charge in [0.2, 0.25) is 0 Å². The average molecular weight is 381 g/mol. The van der Waals surface area contributed by atoms with Crippen LogP contribution in [-0.2, 0) is 6.42 Å². The van der Waals surface area contributed by atoms with Gasteiger partial charge in [0.25, 0.3) is 11.8 Å². The topological polar surface area (TPSA) is 71.1 Å². The number of hydrogen-bond donors (Lipinski definition) is 2. The first-order valence-electron chi connectivity index (χ1n) is 8.59. The van der Waals surface area contributed by atoms with Crippen LogP contribution in [0, 0.1) is 11.6 Å². The predicted molar refractivity (Wildman–Crippen MR) is 102 cm³/mol. The number of halogens is 2. The van der Waals surface area contributed by atoms with Crippen molar-refractivity contribution >= 4 is 23.2 Å². The monoisotopic (exact) mass is 381 g/mol. The summed E-state index contributed by atoms with van der Waals surface area (Å²) in [5.41, 5.74) is 1.22. The number of aromatic nitrogens is 1. The van der Waals surface area contributed by atoms with E-state index in [1.54, 1.807) is 12.1 Å². The van der Waals surface area contributed by atoms with Crippen molar-refractivity contribution in [1.82, 2.24) is 4.98 Å². The molecule has 7 heteroatoms. The minimum Gasteiger partial charge on any atom is -0.322 e. The zero-order chi connectivity index (χ0) is 20.1. The van der Waals surface area contributed by atoms with Gasteiger partial charge in [0.1, 0.15) is 17.3 Å².